The number of aliphatic carboxylic acids is 2. The van der Waals surface area contributed by atoms with Gasteiger partial charge in [-0.15, -0.1) is 0 Å². The van der Waals surface area contributed by atoms with E-state index in [1.165, 1.54) is 0 Å². The van der Waals surface area contributed by atoms with Crippen molar-refractivity contribution in [3.63, 3.8) is 0 Å². The zero-order valence-electron chi connectivity index (χ0n) is 15.0. The molecule has 2 atom stereocenters. The lowest BCUT2D eigenvalue weighted by atomic mass is 9.78. The maximum Gasteiger partial charge on any atom is 0.339 e. The van der Waals surface area contributed by atoms with E-state index in [0.29, 0.717) is 11.5 Å². The second-order valence-electron chi connectivity index (χ2n) is 6.15. The second-order valence-corrected chi connectivity index (χ2v) is 6.15. The topological polar surface area (TPSA) is 134 Å². The Hall–Kier alpha value is -3.10. The van der Waals surface area contributed by atoms with Crippen molar-refractivity contribution >= 4 is 11.9 Å². The smallest absolute Gasteiger partial charge is 0.339 e. The Kier molecular flexibility index (Phi) is 6.97. The lowest BCUT2D eigenvalue weighted by Crippen LogP contribution is -2.64. The minimum Gasteiger partial charge on any atom is -0.493 e. The van der Waals surface area contributed by atoms with Gasteiger partial charge >= 0.3 is 11.9 Å². The number of ether oxygens (including phenoxy) is 2. The van der Waals surface area contributed by atoms with E-state index >= 15 is 0 Å². The fourth-order valence-electron chi connectivity index (χ4n) is 2.65. The van der Waals surface area contributed by atoms with Crippen molar-refractivity contribution in [2.75, 3.05) is 13.2 Å². The molecule has 0 bridgehead atoms. The normalized spacial score (nSPS) is 15.1. The van der Waals surface area contributed by atoms with Gasteiger partial charge in [-0.3, -0.25) is 0 Å². The molecule has 0 heterocycles. The van der Waals surface area contributed by atoms with Crippen LogP contribution in [0.5, 0.6) is 11.5 Å². The Balaban J connectivity index is 2.09. The van der Waals surface area contributed by atoms with Crippen LogP contribution in [0.2, 0.25) is 0 Å². The second kappa shape index (κ2) is 9.20. The van der Waals surface area contributed by atoms with Crippen LogP contribution in [0.15, 0.2) is 60.7 Å². The predicted octanol–water partition coefficient (Wildman–Crippen LogP) is 1.56. The summed E-state index contributed by atoms with van der Waals surface area (Å²) in [5.74, 6) is -2.90. The molecule has 0 saturated carbocycles. The third-order valence-corrected chi connectivity index (χ3v) is 4.34. The van der Waals surface area contributed by atoms with Gasteiger partial charge in [-0.25, -0.2) is 9.59 Å². The largest absolute Gasteiger partial charge is 0.493 e. The van der Waals surface area contributed by atoms with Crippen LogP contribution in [-0.2, 0) is 9.59 Å². The molecule has 2 aromatic carbocycles. The van der Waals surface area contributed by atoms with E-state index in [2.05, 4.69) is 0 Å². The van der Waals surface area contributed by atoms with Crippen LogP contribution in [0, 0.1) is 0 Å². The van der Waals surface area contributed by atoms with Crippen molar-refractivity contribution < 1.29 is 39.5 Å². The first kappa shape index (κ1) is 21.2. The molecule has 8 heteroatoms. The highest BCUT2D eigenvalue weighted by atomic mass is 16.5. The number of carbonyl (C=O) groups is 2. The molecule has 4 N–H and O–H groups in total. The van der Waals surface area contributed by atoms with Crippen LogP contribution in [0.25, 0.3) is 0 Å². The van der Waals surface area contributed by atoms with Crippen LogP contribution in [-0.4, -0.2) is 56.8 Å². The molecule has 150 valence electrons. The van der Waals surface area contributed by atoms with Gasteiger partial charge in [0.1, 0.15) is 11.5 Å². The lowest BCUT2D eigenvalue weighted by molar-refractivity contribution is -0.211. The van der Waals surface area contributed by atoms with E-state index in [-0.39, 0.29) is 13.2 Å². The maximum absolute atomic E-state index is 11.7. The van der Waals surface area contributed by atoms with Gasteiger partial charge < -0.3 is 29.9 Å². The number of aliphatic hydroxyl groups is 2. The maximum atomic E-state index is 11.7. The number of hydrogen-bond acceptors (Lipinski definition) is 6. The third kappa shape index (κ3) is 4.79. The standard InChI is InChI=1S/C20H22O8/c21-17(22)19(25,11-13-27-15-7-3-1-4-8-15)20(26,18(23)24)12-14-28-16-9-5-2-6-10-16/h1-10,25-26H,11-14H2,(H,21,22)(H,23,24). The van der Waals surface area contributed by atoms with E-state index in [1.54, 1.807) is 60.7 Å². The molecule has 0 aliphatic rings. The molecule has 0 aliphatic carbocycles. The minimum absolute atomic E-state index is 0.318. The average Bonchev–Trinajstić information content (AvgIpc) is 2.69. The monoisotopic (exact) mass is 390 g/mol. The molecule has 0 fully saturated rings. The van der Waals surface area contributed by atoms with Gasteiger partial charge in [0.05, 0.1) is 13.2 Å². The molecular weight excluding hydrogens is 368 g/mol. The molecule has 2 aromatic rings. The number of benzene rings is 2. The van der Waals surface area contributed by atoms with Gasteiger partial charge in [0, 0.05) is 12.8 Å². The highest BCUT2D eigenvalue weighted by Gasteiger charge is 2.60. The van der Waals surface area contributed by atoms with Crippen molar-refractivity contribution in [1.29, 1.82) is 0 Å². The van der Waals surface area contributed by atoms with E-state index in [0.717, 1.165) is 0 Å². The molecule has 0 amide bonds. The van der Waals surface area contributed by atoms with Crippen molar-refractivity contribution in [3.05, 3.63) is 60.7 Å². The van der Waals surface area contributed by atoms with Gasteiger partial charge in [0.2, 0.25) is 11.2 Å². The fourth-order valence-corrected chi connectivity index (χ4v) is 2.65. The van der Waals surface area contributed by atoms with Crippen LogP contribution in [0.1, 0.15) is 12.8 Å². The summed E-state index contributed by atoms with van der Waals surface area (Å²) in [5.41, 5.74) is -5.96. The van der Waals surface area contributed by atoms with Crippen molar-refractivity contribution in [2.24, 2.45) is 0 Å². The van der Waals surface area contributed by atoms with Crippen molar-refractivity contribution in [3.8, 4) is 11.5 Å². The first-order valence-corrected chi connectivity index (χ1v) is 8.57. The number of carboxylic acid groups (broad SMARTS) is 2. The Labute approximate surface area is 161 Å². The average molecular weight is 390 g/mol. The number of carboxylic acids is 2. The van der Waals surface area contributed by atoms with Crippen molar-refractivity contribution in [2.45, 2.75) is 24.0 Å². The first-order chi connectivity index (χ1) is 13.3. The van der Waals surface area contributed by atoms with Crippen molar-refractivity contribution in [1.82, 2.24) is 0 Å². The molecular formula is C20H22O8. The highest BCUT2D eigenvalue weighted by Crippen LogP contribution is 2.31. The Morgan fingerprint density at radius 2 is 1.00 bits per heavy atom. The number of rotatable bonds is 11. The van der Waals surface area contributed by atoms with E-state index in [9.17, 15) is 30.0 Å². The summed E-state index contributed by atoms with van der Waals surface area (Å²) in [5, 5.41) is 40.1. The van der Waals surface area contributed by atoms with Crippen LogP contribution in [0.3, 0.4) is 0 Å². The summed E-state index contributed by atoms with van der Waals surface area (Å²) in [4.78, 5) is 23.4. The molecule has 0 aliphatic heterocycles. The summed E-state index contributed by atoms with van der Waals surface area (Å²) in [6, 6.07) is 16.8. The van der Waals surface area contributed by atoms with Gasteiger partial charge in [-0.05, 0) is 24.3 Å². The molecule has 2 rings (SSSR count). The Morgan fingerprint density at radius 3 is 1.29 bits per heavy atom. The molecule has 0 spiro atoms. The zero-order chi connectivity index (χ0) is 20.6. The fraction of sp³-hybridized carbons (Fsp3) is 0.300. The van der Waals surface area contributed by atoms with E-state index in [1.807, 2.05) is 0 Å². The lowest BCUT2D eigenvalue weighted by Gasteiger charge is -2.37. The highest BCUT2D eigenvalue weighted by molar-refractivity contribution is 5.90. The molecule has 2 unspecified atom stereocenters. The van der Waals surface area contributed by atoms with Gasteiger partial charge in [-0.1, -0.05) is 36.4 Å². The predicted molar refractivity (Wildman–Crippen MR) is 98.3 cm³/mol. The molecule has 8 nitrogen and oxygen atoms in total. The Bertz CT molecular complexity index is 712. The molecule has 0 radical (unpaired) electrons. The summed E-state index contributed by atoms with van der Waals surface area (Å²) < 4.78 is 10.7. The SMILES string of the molecule is O=C(O)C(O)(CCOc1ccccc1)C(O)(CCOc1ccccc1)C(=O)O. The van der Waals surface area contributed by atoms with Crippen LogP contribution in [0.4, 0.5) is 0 Å². The quantitative estimate of drug-likeness (QED) is 0.454. The number of hydrogen-bond donors (Lipinski definition) is 4. The third-order valence-electron chi connectivity index (χ3n) is 4.34. The van der Waals surface area contributed by atoms with Crippen LogP contribution < -0.4 is 9.47 Å². The van der Waals surface area contributed by atoms with E-state index in [4.69, 9.17) is 9.47 Å². The van der Waals surface area contributed by atoms with E-state index < -0.39 is 36.0 Å². The summed E-state index contributed by atoms with van der Waals surface area (Å²) in [6.45, 7) is -0.635. The summed E-state index contributed by atoms with van der Waals surface area (Å²) in [6.07, 6.45) is -1.29. The summed E-state index contributed by atoms with van der Waals surface area (Å²) in [7, 11) is 0. The summed E-state index contributed by atoms with van der Waals surface area (Å²) >= 11 is 0. The van der Waals surface area contributed by atoms with Gasteiger partial charge in [0.25, 0.3) is 0 Å². The Morgan fingerprint density at radius 1 is 0.679 bits per heavy atom. The molecule has 28 heavy (non-hydrogen) atoms. The zero-order valence-corrected chi connectivity index (χ0v) is 15.0. The number of para-hydroxylation sites is 2. The van der Waals surface area contributed by atoms with Gasteiger partial charge in [0.15, 0.2) is 0 Å². The van der Waals surface area contributed by atoms with Gasteiger partial charge in [-0.2, -0.15) is 0 Å². The first-order valence-electron chi connectivity index (χ1n) is 8.57. The molecule has 0 saturated heterocycles. The van der Waals surface area contributed by atoms with Crippen LogP contribution >= 0.6 is 0 Å². The molecule has 0 aromatic heterocycles. The minimum atomic E-state index is -2.98.